The van der Waals surface area contributed by atoms with E-state index in [9.17, 15) is 9.18 Å². The number of benzene rings is 2. The van der Waals surface area contributed by atoms with E-state index in [0.717, 1.165) is 27.9 Å². The summed E-state index contributed by atoms with van der Waals surface area (Å²) < 4.78 is 16.5. The quantitative estimate of drug-likeness (QED) is 0.427. The predicted octanol–water partition coefficient (Wildman–Crippen LogP) is 4.28. The zero-order valence-corrected chi connectivity index (χ0v) is 19.0. The number of anilines is 1. The predicted molar refractivity (Wildman–Crippen MR) is 127 cm³/mol. The Balaban J connectivity index is 1.46. The van der Waals surface area contributed by atoms with Crippen LogP contribution in [0.25, 0.3) is 22.2 Å². The molecule has 0 bridgehead atoms. The van der Waals surface area contributed by atoms with E-state index in [0.29, 0.717) is 23.3 Å². The topological polar surface area (TPSA) is 90.5 Å². The van der Waals surface area contributed by atoms with Crippen molar-refractivity contribution in [2.45, 2.75) is 20.4 Å². The van der Waals surface area contributed by atoms with Crippen molar-refractivity contribution in [2.75, 3.05) is 5.32 Å². The standard InChI is InChI=1S/C25H22FN7O/c1-15-23(16(2)32(3)30-15)22-12-20(19-6-4-5-7-21(19)28-22)24(34)29-25-27-14-33(31-25)13-17-8-10-18(26)11-9-17/h4-12,14H,13H2,1-3H3,(H,29,31,34). The van der Waals surface area contributed by atoms with Crippen LogP contribution in [-0.4, -0.2) is 35.4 Å². The molecule has 0 atom stereocenters. The third-order valence-corrected chi connectivity index (χ3v) is 5.75. The molecule has 34 heavy (non-hydrogen) atoms. The lowest BCUT2D eigenvalue weighted by molar-refractivity contribution is 0.102. The molecule has 170 valence electrons. The highest BCUT2D eigenvalue weighted by atomic mass is 19.1. The lowest BCUT2D eigenvalue weighted by atomic mass is 10.0. The number of nitrogens with zero attached hydrogens (tertiary/aromatic N) is 6. The van der Waals surface area contributed by atoms with E-state index < -0.39 is 0 Å². The summed E-state index contributed by atoms with van der Waals surface area (Å²) in [7, 11) is 1.88. The minimum Gasteiger partial charge on any atom is -0.289 e. The number of carbonyl (C=O) groups excluding carboxylic acids is 1. The molecule has 1 amide bonds. The van der Waals surface area contributed by atoms with E-state index in [-0.39, 0.29) is 17.7 Å². The number of nitrogens with one attached hydrogen (secondary N) is 1. The Morgan fingerprint density at radius 2 is 1.82 bits per heavy atom. The Hall–Kier alpha value is -4.40. The second-order valence-electron chi connectivity index (χ2n) is 8.09. The number of amides is 1. The van der Waals surface area contributed by atoms with Gasteiger partial charge in [0.1, 0.15) is 12.1 Å². The summed E-state index contributed by atoms with van der Waals surface area (Å²) >= 11 is 0. The second-order valence-corrected chi connectivity index (χ2v) is 8.09. The van der Waals surface area contributed by atoms with Gasteiger partial charge in [-0.3, -0.25) is 14.8 Å². The molecule has 0 unspecified atom stereocenters. The van der Waals surface area contributed by atoms with Crippen LogP contribution < -0.4 is 5.32 Å². The van der Waals surface area contributed by atoms with Crippen LogP contribution in [0.5, 0.6) is 0 Å². The number of para-hydroxylation sites is 1. The summed E-state index contributed by atoms with van der Waals surface area (Å²) in [5.41, 5.74) is 5.45. The van der Waals surface area contributed by atoms with Crippen LogP contribution in [0, 0.1) is 19.7 Å². The van der Waals surface area contributed by atoms with Gasteiger partial charge in [-0.1, -0.05) is 30.3 Å². The smallest absolute Gasteiger partial charge is 0.258 e. The SMILES string of the molecule is Cc1nn(C)c(C)c1-c1cc(C(=O)Nc2ncn(Cc3ccc(F)cc3)n2)c2ccccc2n1. The van der Waals surface area contributed by atoms with Gasteiger partial charge in [-0.25, -0.2) is 19.0 Å². The van der Waals surface area contributed by atoms with Crippen molar-refractivity contribution < 1.29 is 9.18 Å². The maximum Gasteiger partial charge on any atom is 0.258 e. The number of aryl methyl sites for hydroxylation is 2. The molecule has 2 aromatic carbocycles. The fraction of sp³-hybridized carbons (Fsp3) is 0.160. The largest absolute Gasteiger partial charge is 0.289 e. The Kier molecular flexibility index (Phi) is 5.37. The lowest BCUT2D eigenvalue weighted by Crippen LogP contribution is -2.14. The molecule has 0 saturated carbocycles. The summed E-state index contributed by atoms with van der Waals surface area (Å²) in [6.45, 7) is 4.31. The molecule has 3 heterocycles. The number of pyridine rings is 1. The number of hydrogen-bond acceptors (Lipinski definition) is 5. The minimum absolute atomic E-state index is 0.184. The fourth-order valence-corrected chi connectivity index (χ4v) is 4.01. The van der Waals surface area contributed by atoms with E-state index in [1.54, 1.807) is 27.6 Å². The molecule has 9 heteroatoms. The van der Waals surface area contributed by atoms with E-state index in [1.807, 2.05) is 45.2 Å². The first-order valence-corrected chi connectivity index (χ1v) is 10.7. The number of carbonyl (C=O) groups is 1. The first-order chi connectivity index (χ1) is 16.4. The van der Waals surface area contributed by atoms with Crippen molar-refractivity contribution in [1.29, 1.82) is 0 Å². The Morgan fingerprint density at radius 3 is 2.56 bits per heavy atom. The van der Waals surface area contributed by atoms with Gasteiger partial charge in [0.25, 0.3) is 5.91 Å². The maximum atomic E-state index is 13.3. The highest BCUT2D eigenvalue weighted by molar-refractivity contribution is 6.12. The van der Waals surface area contributed by atoms with Gasteiger partial charge >= 0.3 is 0 Å². The van der Waals surface area contributed by atoms with Crippen molar-refractivity contribution in [3.63, 3.8) is 0 Å². The fourth-order valence-electron chi connectivity index (χ4n) is 4.01. The van der Waals surface area contributed by atoms with Crippen molar-refractivity contribution >= 4 is 22.8 Å². The van der Waals surface area contributed by atoms with E-state index in [2.05, 4.69) is 20.5 Å². The van der Waals surface area contributed by atoms with Crippen LogP contribution >= 0.6 is 0 Å². The monoisotopic (exact) mass is 455 g/mol. The highest BCUT2D eigenvalue weighted by Crippen LogP contribution is 2.29. The Bertz CT molecular complexity index is 1520. The molecule has 0 spiro atoms. The maximum absolute atomic E-state index is 13.3. The molecule has 0 saturated heterocycles. The van der Waals surface area contributed by atoms with Crippen LogP contribution in [0.1, 0.15) is 27.3 Å². The molecule has 5 rings (SSSR count). The number of fused-ring (bicyclic) bond motifs is 1. The third-order valence-electron chi connectivity index (χ3n) is 5.75. The molecule has 3 aromatic heterocycles. The van der Waals surface area contributed by atoms with Crippen LogP contribution in [-0.2, 0) is 13.6 Å². The molecule has 0 radical (unpaired) electrons. The second kappa shape index (κ2) is 8.51. The van der Waals surface area contributed by atoms with E-state index in [1.165, 1.54) is 18.5 Å². The van der Waals surface area contributed by atoms with Gasteiger partial charge in [0, 0.05) is 23.7 Å². The number of halogens is 1. The van der Waals surface area contributed by atoms with Gasteiger partial charge in [-0.2, -0.15) is 5.10 Å². The summed E-state index contributed by atoms with van der Waals surface area (Å²) in [6.07, 6.45) is 1.53. The van der Waals surface area contributed by atoms with E-state index >= 15 is 0 Å². The van der Waals surface area contributed by atoms with Gasteiger partial charge in [0.2, 0.25) is 5.95 Å². The molecule has 0 aliphatic heterocycles. The summed E-state index contributed by atoms with van der Waals surface area (Å²) in [5.74, 6) is -0.446. The molecule has 0 fully saturated rings. The van der Waals surface area contributed by atoms with Gasteiger partial charge in [0.05, 0.1) is 29.0 Å². The first kappa shape index (κ1) is 21.4. The zero-order valence-electron chi connectivity index (χ0n) is 19.0. The number of aromatic nitrogens is 6. The molecular weight excluding hydrogens is 433 g/mol. The summed E-state index contributed by atoms with van der Waals surface area (Å²) in [6, 6.07) is 15.4. The lowest BCUT2D eigenvalue weighted by Gasteiger charge is -2.10. The average molecular weight is 455 g/mol. The van der Waals surface area contributed by atoms with Gasteiger partial charge < -0.3 is 0 Å². The molecule has 1 N–H and O–H groups in total. The summed E-state index contributed by atoms with van der Waals surface area (Å²) in [4.78, 5) is 22.3. The van der Waals surface area contributed by atoms with Gasteiger partial charge in [0.15, 0.2) is 0 Å². The number of rotatable bonds is 5. The molecular formula is C25H22FN7O. The Labute approximate surface area is 195 Å². The third kappa shape index (κ3) is 4.03. The average Bonchev–Trinajstić information content (AvgIpc) is 3.36. The molecule has 0 aliphatic carbocycles. The molecule has 0 aliphatic rings. The summed E-state index contributed by atoms with van der Waals surface area (Å²) in [5, 5.41) is 12.3. The van der Waals surface area contributed by atoms with Crippen LogP contribution in [0.2, 0.25) is 0 Å². The Morgan fingerprint density at radius 1 is 1.06 bits per heavy atom. The highest BCUT2D eigenvalue weighted by Gasteiger charge is 2.19. The van der Waals surface area contributed by atoms with Crippen molar-refractivity contribution in [2.24, 2.45) is 7.05 Å². The minimum atomic E-state index is -0.335. The van der Waals surface area contributed by atoms with E-state index in [4.69, 9.17) is 4.98 Å². The van der Waals surface area contributed by atoms with Crippen molar-refractivity contribution in [1.82, 2.24) is 29.5 Å². The first-order valence-electron chi connectivity index (χ1n) is 10.7. The van der Waals surface area contributed by atoms with Crippen LogP contribution in [0.15, 0.2) is 60.9 Å². The van der Waals surface area contributed by atoms with Gasteiger partial charge in [-0.15, -0.1) is 5.10 Å². The van der Waals surface area contributed by atoms with Crippen molar-refractivity contribution in [3.8, 4) is 11.3 Å². The van der Waals surface area contributed by atoms with Gasteiger partial charge in [-0.05, 0) is 43.7 Å². The van der Waals surface area contributed by atoms with Crippen molar-refractivity contribution in [3.05, 3.63) is 89.3 Å². The van der Waals surface area contributed by atoms with Crippen LogP contribution in [0.3, 0.4) is 0 Å². The van der Waals surface area contributed by atoms with Crippen LogP contribution in [0.4, 0.5) is 10.3 Å². The zero-order chi connectivity index (χ0) is 23.8. The number of hydrogen-bond donors (Lipinski definition) is 1. The molecule has 8 nitrogen and oxygen atoms in total. The molecule has 5 aromatic rings. The normalized spacial score (nSPS) is 11.2.